The van der Waals surface area contributed by atoms with Gasteiger partial charge in [0.2, 0.25) is 9.84 Å². The number of sulfone groups is 1. The van der Waals surface area contributed by atoms with Crippen LogP contribution < -0.4 is 11.1 Å². The number of nitrogens with one attached hydrogen (secondary N) is 1. The van der Waals surface area contributed by atoms with Crippen LogP contribution in [0.5, 0.6) is 0 Å². The molecule has 0 aliphatic carbocycles. The van der Waals surface area contributed by atoms with Crippen LogP contribution in [0.25, 0.3) is 17.2 Å². The lowest BCUT2D eigenvalue weighted by molar-refractivity contribution is -0.134. The van der Waals surface area contributed by atoms with E-state index >= 15 is 0 Å². The number of anilines is 1. The fourth-order valence-electron chi connectivity index (χ4n) is 4.08. The van der Waals surface area contributed by atoms with Crippen molar-refractivity contribution in [3.05, 3.63) is 114 Å². The van der Waals surface area contributed by atoms with Crippen molar-refractivity contribution in [1.29, 1.82) is 0 Å². The molecule has 9 heteroatoms. The van der Waals surface area contributed by atoms with Crippen molar-refractivity contribution in [3.63, 3.8) is 0 Å². The number of rotatable bonds is 10. The van der Waals surface area contributed by atoms with E-state index in [9.17, 15) is 13.2 Å². The molecule has 0 saturated heterocycles. The van der Waals surface area contributed by atoms with Gasteiger partial charge in [-0.05, 0) is 59.5 Å². The van der Waals surface area contributed by atoms with Gasteiger partial charge in [-0.25, -0.2) is 18.4 Å². The van der Waals surface area contributed by atoms with E-state index in [0.717, 1.165) is 16.7 Å². The lowest BCUT2D eigenvalue weighted by Gasteiger charge is -2.29. The number of pyridine rings is 2. The molecule has 194 valence electrons. The van der Waals surface area contributed by atoms with Crippen LogP contribution in [0.4, 0.5) is 5.82 Å². The van der Waals surface area contributed by atoms with E-state index in [1.807, 2.05) is 61.5 Å². The number of nitrogens with two attached hydrogens (primary N) is 1. The molecule has 0 amide bonds. The van der Waals surface area contributed by atoms with Gasteiger partial charge in [0.15, 0.2) is 9.90 Å². The molecule has 0 saturated carbocycles. The minimum Gasteiger partial charge on any atom is -0.480 e. The molecule has 0 spiro atoms. The second-order valence-electron chi connectivity index (χ2n) is 8.72. The quantitative estimate of drug-likeness (QED) is 0.274. The van der Waals surface area contributed by atoms with Crippen LogP contribution in [0.15, 0.2) is 102 Å². The highest BCUT2D eigenvalue weighted by atomic mass is 32.2. The molecular weight excluding hydrogens is 500 g/mol. The number of hydrogen-bond donors (Lipinski definition) is 3. The SMILES string of the molecule is CC=Cc1cccc(-c2ccc(CC(N)(c3cccc(NCC(=O)O)n3)S(=O)(=O)c3ccccn3)cc2)c1. The van der Waals surface area contributed by atoms with Gasteiger partial charge in [0.1, 0.15) is 12.4 Å². The molecule has 8 nitrogen and oxygen atoms in total. The minimum absolute atomic E-state index is 0.0710. The molecule has 0 radical (unpaired) electrons. The maximum Gasteiger partial charge on any atom is 0.322 e. The van der Waals surface area contributed by atoms with Crippen LogP contribution in [0.1, 0.15) is 23.7 Å². The third kappa shape index (κ3) is 5.80. The monoisotopic (exact) mass is 528 g/mol. The normalized spacial score (nSPS) is 13.2. The maximum atomic E-state index is 13.9. The van der Waals surface area contributed by atoms with Gasteiger partial charge in [-0.15, -0.1) is 0 Å². The second-order valence-corrected chi connectivity index (χ2v) is 10.9. The molecule has 0 aliphatic heterocycles. The number of carboxylic acid groups (broad SMARTS) is 1. The Kier molecular flexibility index (Phi) is 7.99. The van der Waals surface area contributed by atoms with Gasteiger partial charge in [0.05, 0.1) is 5.69 Å². The minimum atomic E-state index is -4.22. The van der Waals surface area contributed by atoms with Gasteiger partial charge in [0, 0.05) is 12.6 Å². The van der Waals surface area contributed by atoms with E-state index in [1.165, 1.54) is 18.3 Å². The van der Waals surface area contributed by atoms with Crippen molar-refractivity contribution < 1.29 is 18.3 Å². The van der Waals surface area contributed by atoms with Gasteiger partial charge in [-0.1, -0.05) is 66.7 Å². The highest BCUT2D eigenvalue weighted by Crippen LogP contribution is 2.34. The first kappa shape index (κ1) is 26.7. The molecule has 2 aromatic carbocycles. The van der Waals surface area contributed by atoms with E-state index in [2.05, 4.69) is 21.4 Å². The molecule has 2 aromatic heterocycles. The van der Waals surface area contributed by atoms with Crippen molar-refractivity contribution in [2.24, 2.45) is 5.73 Å². The van der Waals surface area contributed by atoms with E-state index in [1.54, 1.807) is 24.3 Å². The van der Waals surface area contributed by atoms with Crippen molar-refractivity contribution in [2.75, 3.05) is 11.9 Å². The molecular formula is C29H28N4O4S. The van der Waals surface area contributed by atoms with Crippen LogP contribution in [-0.4, -0.2) is 36.0 Å². The second kappa shape index (κ2) is 11.4. The summed E-state index contributed by atoms with van der Waals surface area (Å²) in [4.78, 5) is 17.5. The van der Waals surface area contributed by atoms with Crippen LogP contribution >= 0.6 is 0 Å². The molecule has 1 unspecified atom stereocenters. The third-order valence-electron chi connectivity index (χ3n) is 6.00. The molecule has 1 atom stereocenters. The Bertz CT molecular complexity index is 1560. The van der Waals surface area contributed by atoms with Crippen LogP contribution in [0, 0.1) is 0 Å². The molecule has 4 N–H and O–H groups in total. The van der Waals surface area contributed by atoms with Gasteiger partial charge < -0.3 is 16.2 Å². The largest absolute Gasteiger partial charge is 0.480 e. The molecule has 4 aromatic rings. The number of benzene rings is 2. The maximum absolute atomic E-state index is 13.9. The predicted octanol–water partition coefficient (Wildman–Crippen LogP) is 4.50. The zero-order valence-electron chi connectivity index (χ0n) is 20.8. The first-order chi connectivity index (χ1) is 18.2. The lowest BCUT2D eigenvalue weighted by Crippen LogP contribution is -2.47. The average Bonchev–Trinajstić information content (AvgIpc) is 2.93. The van der Waals surface area contributed by atoms with E-state index in [-0.39, 0.29) is 29.5 Å². The molecule has 0 fully saturated rings. The number of carbonyl (C=O) groups is 1. The molecule has 0 aliphatic rings. The van der Waals surface area contributed by atoms with E-state index in [4.69, 9.17) is 10.8 Å². The summed E-state index contributed by atoms with van der Waals surface area (Å²) < 4.78 is 27.8. The topological polar surface area (TPSA) is 135 Å². The predicted molar refractivity (Wildman–Crippen MR) is 148 cm³/mol. The summed E-state index contributed by atoms with van der Waals surface area (Å²) in [6.07, 6.45) is 5.31. The first-order valence-corrected chi connectivity index (χ1v) is 13.4. The van der Waals surface area contributed by atoms with E-state index < -0.39 is 20.7 Å². The van der Waals surface area contributed by atoms with Crippen LogP contribution in [-0.2, 0) is 25.9 Å². The number of carboxylic acids is 1. The summed E-state index contributed by atoms with van der Waals surface area (Å²) in [5, 5.41) is 11.5. The van der Waals surface area contributed by atoms with Gasteiger partial charge >= 0.3 is 5.97 Å². The number of allylic oxidation sites excluding steroid dienone is 1. The highest BCUT2D eigenvalue weighted by molar-refractivity contribution is 7.92. The Morgan fingerprint density at radius 2 is 1.76 bits per heavy atom. The molecule has 2 heterocycles. The summed E-state index contributed by atoms with van der Waals surface area (Å²) >= 11 is 0. The fraction of sp³-hybridized carbons (Fsp3) is 0.138. The van der Waals surface area contributed by atoms with Gasteiger partial charge in [-0.2, -0.15) is 0 Å². The highest BCUT2D eigenvalue weighted by Gasteiger charge is 2.45. The summed E-state index contributed by atoms with van der Waals surface area (Å²) in [5.41, 5.74) is 10.6. The summed E-state index contributed by atoms with van der Waals surface area (Å²) in [5.74, 6) is -0.874. The fourth-order valence-corrected chi connectivity index (χ4v) is 5.66. The Labute approximate surface area is 221 Å². The average molecular weight is 529 g/mol. The zero-order chi connectivity index (χ0) is 27.2. The van der Waals surface area contributed by atoms with Crippen molar-refractivity contribution in [3.8, 4) is 11.1 Å². The lowest BCUT2D eigenvalue weighted by atomic mass is 9.98. The van der Waals surface area contributed by atoms with Gasteiger partial charge in [0.25, 0.3) is 0 Å². The third-order valence-corrected chi connectivity index (χ3v) is 8.10. The summed E-state index contributed by atoms with van der Waals surface area (Å²) in [6, 6.07) is 24.9. The van der Waals surface area contributed by atoms with Crippen LogP contribution in [0.3, 0.4) is 0 Å². The summed E-state index contributed by atoms with van der Waals surface area (Å²) in [6.45, 7) is 1.59. The number of nitrogens with zero attached hydrogens (tertiary/aromatic N) is 2. The Morgan fingerprint density at radius 1 is 1.00 bits per heavy atom. The number of hydrogen-bond acceptors (Lipinski definition) is 7. The zero-order valence-corrected chi connectivity index (χ0v) is 21.6. The van der Waals surface area contributed by atoms with E-state index in [0.29, 0.717) is 5.56 Å². The van der Waals surface area contributed by atoms with Crippen molar-refractivity contribution >= 4 is 27.7 Å². The van der Waals surface area contributed by atoms with Gasteiger partial charge in [-0.3, -0.25) is 4.79 Å². The van der Waals surface area contributed by atoms with Crippen molar-refractivity contribution in [2.45, 2.75) is 23.2 Å². The number of aliphatic carboxylic acids is 1. The first-order valence-electron chi connectivity index (χ1n) is 11.9. The standard InChI is InChI=1S/C29H28N4O4S/c1-2-7-21-8-5-9-24(18-21)23-15-13-22(14-16-23)19-29(30,38(36,37)27-12-3-4-17-31-27)25-10-6-11-26(33-25)32-20-28(34)35/h2-18H,19-20,30H2,1H3,(H,32,33)(H,34,35). The van der Waals surface area contributed by atoms with Crippen molar-refractivity contribution in [1.82, 2.24) is 9.97 Å². The smallest absolute Gasteiger partial charge is 0.322 e. The van der Waals surface area contributed by atoms with Crippen LogP contribution in [0.2, 0.25) is 0 Å². The molecule has 4 rings (SSSR count). The Morgan fingerprint density at radius 3 is 2.45 bits per heavy atom. The number of aromatic nitrogens is 2. The molecule has 0 bridgehead atoms. The molecule has 38 heavy (non-hydrogen) atoms. The summed E-state index contributed by atoms with van der Waals surface area (Å²) in [7, 11) is -4.22. The Hall–Kier alpha value is -4.34. The Balaban J connectivity index is 1.73.